The summed E-state index contributed by atoms with van der Waals surface area (Å²) >= 11 is 3.29. The molecule has 5 nitrogen and oxygen atoms in total. The Balaban J connectivity index is 1.44. The number of para-hydroxylation sites is 1. The Kier molecular flexibility index (Phi) is 4.70. The third-order valence-corrected chi connectivity index (χ3v) is 5.34. The SMILES string of the molecule is O=C(c1cc2ccccc2o1)N1CCN(C(=O)c2cc(F)ccc2Br)CC1. The van der Waals surface area contributed by atoms with Gasteiger partial charge in [-0.25, -0.2) is 4.39 Å². The number of fused-ring (bicyclic) bond motifs is 1. The molecule has 138 valence electrons. The monoisotopic (exact) mass is 430 g/mol. The average Bonchev–Trinajstić information content (AvgIpc) is 3.13. The van der Waals surface area contributed by atoms with E-state index in [2.05, 4.69) is 15.9 Å². The molecule has 1 aromatic heterocycles. The summed E-state index contributed by atoms with van der Waals surface area (Å²) in [5, 5.41) is 0.880. The second-order valence-corrected chi connectivity index (χ2v) is 7.21. The van der Waals surface area contributed by atoms with Crippen LogP contribution < -0.4 is 0 Å². The number of nitrogens with zero attached hydrogens (tertiary/aromatic N) is 2. The van der Waals surface area contributed by atoms with Crippen molar-refractivity contribution in [2.24, 2.45) is 0 Å². The Bertz CT molecular complexity index is 992. The molecule has 1 aliphatic rings. The number of hydrogen-bond donors (Lipinski definition) is 0. The molecular weight excluding hydrogens is 415 g/mol. The highest BCUT2D eigenvalue weighted by Crippen LogP contribution is 2.22. The summed E-state index contributed by atoms with van der Waals surface area (Å²) in [5.74, 6) is -0.605. The highest BCUT2D eigenvalue weighted by molar-refractivity contribution is 9.10. The molecule has 3 aromatic rings. The first-order valence-corrected chi connectivity index (χ1v) is 9.34. The molecule has 4 rings (SSSR count). The summed E-state index contributed by atoms with van der Waals surface area (Å²) in [6.07, 6.45) is 0. The summed E-state index contributed by atoms with van der Waals surface area (Å²) < 4.78 is 19.6. The van der Waals surface area contributed by atoms with Crippen molar-refractivity contribution >= 4 is 38.7 Å². The number of furan rings is 1. The molecule has 0 spiro atoms. The maximum absolute atomic E-state index is 13.5. The standard InChI is InChI=1S/C20H16BrFN2O3/c21-16-6-5-14(22)12-15(16)19(25)23-7-9-24(10-8-23)20(26)18-11-13-3-1-2-4-17(13)27-18/h1-6,11-12H,7-10H2. The Hall–Kier alpha value is -2.67. The number of halogens is 2. The van der Waals surface area contributed by atoms with Crippen molar-refractivity contribution in [2.75, 3.05) is 26.2 Å². The predicted octanol–water partition coefficient (Wildman–Crippen LogP) is 3.93. The van der Waals surface area contributed by atoms with Crippen LogP contribution in [0.4, 0.5) is 4.39 Å². The van der Waals surface area contributed by atoms with Crippen LogP contribution in [0.2, 0.25) is 0 Å². The van der Waals surface area contributed by atoms with Crippen molar-refractivity contribution in [3.8, 4) is 0 Å². The van der Waals surface area contributed by atoms with E-state index in [9.17, 15) is 14.0 Å². The zero-order valence-corrected chi connectivity index (χ0v) is 15.9. The maximum atomic E-state index is 13.5. The molecule has 2 aromatic carbocycles. The molecule has 1 aliphatic heterocycles. The molecule has 2 heterocycles. The predicted molar refractivity (Wildman–Crippen MR) is 102 cm³/mol. The van der Waals surface area contributed by atoms with Crippen molar-refractivity contribution in [1.29, 1.82) is 0 Å². The molecule has 0 saturated carbocycles. The summed E-state index contributed by atoms with van der Waals surface area (Å²) in [6, 6.07) is 13.2. The van der Waals surface area contributed by atoms with Crippen molar-refractivity contribution in [2.45, 2.75) is 0 Å². The summed E-state index contributed by atoms with van der Waals surface area (Å²) in [4.78, 5) is 28.6. The van der Waals surface area contributed by atoms with Gasteiger partial charge in [-0.2, -0.15) is 0 Å². The molecule has 0 bridgehead atoms. The Labute approximate surface area is 163 Å². The minimum Gasteiger partial charge on any atom is -0.451 e. The van der Waals surface area contributed by atoms with E-state index in [0.29, 0.717) is 42.0 Å². The largest absolute Gasteiger partial charge is 0.451 e. The molecular formula is C20H16BrFN2O3. The Morgan fingerprint density at radius 3 is 2.30 bits per heavy atom. The minimum atomic E-state index is -0.458. The third-order valence-electron chi connectivity index (χ3n) is 4.65. The van der Waals surface area contributed by atoms with E-state index >= 15 is 0 Å². The van der Waals surface area contributed by atoms with Gasteiger partial charge < -0.3 is 14.2 Å². The van der Waals surface area contributed by atoms with Gasteiger partial charge in [-0.3, -0.25) is 9.59 Å². The van der Waals surface area contributed by atoms with Crippen LogP contribution in [0.5, 0.6) is 0 Å². The maximum Gasteiger partial charge on any atom is 0.289 e. The van der Waals surface area contributed by atoms with Crippen LogP contribution in [0.25, 0.3) is 11.0 Å². The summed E-state index contributed by atoms with van der Waals surface area (Å²) in [7, 11) is 0. The van der Waals surface area contributed by atoms with Crippen LogP contribution in [0.1, 0.15) is 20.9 Å². The van der Waals surface area contributed by atoms with Gasteiger partial charge in [0, 0.05) is 36.0 Å². The van der Waals surface area contributed by atoms with Gasteiger partial charge in [0.2, 0.25) is 0 Å². The van der Waals surface area contributed by atoms with Crippen LogP contribution in [-0.4, -0.2) is 47.8 Å². The van der Waals surface area contributed by atoms with Crippen LogP contribution in [0, 0.1) is 5.82 Å². The van der Waals surface area contributed by atoms with Gasteiger partial charge >= 0.3 is 0 Å². The number of carbonyl (C=O) groups is 2. The number of hydrogen-bond acceptors (Lipinski definition) is 3. The Morgan fingerprint density at radius 1 is 0.926 bits per heavy atom. The molecule has 1 fully saturated rings. The van der Waals surface area contributed by atoms with E-state index < -0.39 is 5.82 Å². The quantitative estimate of drug-likeness (QED) is 0.618. The normalized spacial score (nSPS) is 14.6. The summed E-state index contributed by atoms with van der Waals surface area (Å²) in [5.41, 5.74) is 0.956. The smallest absolute Gasteiger partial charge is 0.289 e. The van der Waals surface area contributed by atoms with Gasteiger partial charge in [0.05, 0.1) is 5.56 Å². The lowest BCUT2D eigenvalue weighted by molar-refractivity contribution is 0.0519. The molecule has 0 unspecified atom stereocenters. The first-order valence-electron chi connectivity index (χ1n) is 8.55. The summed E-state index contributed by atoms with van der Waals surface area (Å²) in [6.45, 7) is 1.56. The first-order chi connectivity index (χ1) is 13.0. The lowest BCUT2D eigenvalue weighted by Crippen LogP contribution is -2.50. The van der Waals surface area contributed by atoms with Gasteiger partial charge in [-0.1, -0.05) is 18.2 Å². The molecule has 2 amide bonds. The van der Waals surface area contributed by atoms with E-state index in [1.54, 1.807) is 15.9 Å². The minimum absolute atomic E-state index is 0.190. The van der Waals surface area contributed by atoms with E-state index in [1.807, 2.05) is 24.3 Å². The molecule has 0 aliphatic carbocycles. The van der Waals surface area contributed by atoms with Crippen molar-refractivity contribution < 1.29 is 18.4 Å². The fourth-order valence-electron chi connectivity index (χ4n) is 3.19. The zero-order valence-electron chi connectivity index (χ0n) is 14.3. The Morgan fingerprint density at radius 2 is 1.59 bits per heavy atom. The van der Waals surface area contributed by atoms with E-state index in [-0.39, 0.29) is 17.4 Å². The van der Waals surface area contributed by atoms with E-state index in [0.717, 1.165) is 5.39 Å². The highest BCUT2D eigenvalue weighted by atomic mass is 79.9. The molecule has 0 atom stereocenters. The number of benzene rings is 2. The number of amides is 2. The topological polar surface area (TPSA) is 53.8 Å². The van der Waals surface area contributed by atoms with Gasteiger partial charge in [-0.05, 0) is 46.3 Å². The van der Waals surface area contributed by atoms with Gasteiger partial charge in [0.15, 0.2) is 5.76 Å². The van der Waals surface area contributed by atoms with Gasteiger partial charge in [0.1, 0.15) is 11.4 Å². The van der Waals surface area contributed by atoms with Gasteiger partial charge in [-0.15, -0.1) is 0 Å². The van der Waals surface area contributed by atoms with Crippen LogP contribution in [0.15, 0.2) is 57.4 Å². The van der Waals surface area contributed by atoms with Crippen molar-refractivity contribution in [3.05, 3.63) is 70.1 Å². The second-order valence-electron chi connectivity index (χ2n) is 6.36. The average molecular weight is 431 g/mol. The van der Waals surface area contributed by atoms with E-state index in [1.165, 1.54) is 18.2 Å². The first kappa shape index (κ1) is 17.7. The highest BCUT2D eigenvalue weighted by Gasteiger charge is 2.28. The fourth-order valence-corrected chi connectivity index (χ4v) is 3.60. The lowest BCUT2D eigenvalue weighted by Gasteiger charge is -2.34. The van der Waals surface area contributed by atoms with Gasteiger partial charge in [0.25, 0.3) is 11.8 Å². The number of piperazine rings is 1. The molecule has 1 saturated heterocycles. The van der Waals surface area contributed by atoms with E-state index in [4.69, 9.17) is 4.42 Å². The molecule has 27 heavy (non-hydrogen) atoms. The fraction of sp³-hybridized carbons (Fsp3) is 0.200. The van der Waals surface area contributed by atoms with Crippen LogP contribution >= 0.6 is 15.9 Å². The van der Waals surface area contributed by atoms with Crippen LogP contribution in [0.3, 0.4) is 0 Å². The van der Waals surface area contributed by atoms with Crippen molar-refractivity contribution in [3.63, 3.8) is 0 Å². The zero-order chi connectivity index (χ0) is 19.0. The number of rotatable bonds is 2. The lowest BCUT2D eigenvalue weighted by atomic mass is 10.1. The van der Waals surface area contributed by atoms with Crippen molar-refractivity contribution in [1.82, 2.24) is 9.80 Å². The van der Waals surface area contributed by atoms with Crippen LogP contribution in [-0.2, 0) is 0 Å². The number of carbonyl (C=O) groups excluding carboxylic acids is 2. The second kappa shape index (κ2) is 7.15. The molecule has 0 radical (unpaired) electrons. The third kappa shape index (κ3) is 3.47. The molecule has 0 N–H and O–H groups in total. The molecule has 7 heteroatoms.